The number of carbonyl (C=O) groups excluding carboxylic acids is 1. The van der Waals surface area contributed by atoms with E-state index in [1.165, 1.54) is 6.07 Å². The van der Waals surface area contributed by atoms with Gasteiger partial charge in [-0.15, -0.1) is 0 Å². The molecule has 0 bridgehead atoms. The molecular weight excluding hydrogens is 305 g/mol. The van der Waals surface area contributed by atoms with Gasteiger partial charge in [-0.3, -0.25) is 4.79 Å². The van der Waals surface area contributed by atoms with Crippen LogP contribution in [0.4, 0.5) is 8.78 Å². The molecule has 1 heterocycles. The van der Waals surface area contributed by atoms with Crippen LogP contribution >= 0.6 is 22.6 Å². The quantitative estimate of drug-likeness (QED) is 0.685. The molecule has 1 aromatic rings. The van der Waals surface area contributed by atoms with Gasteiger partial charge in [0.25, 0.3) is 6.43 Å². The number of carbonyl (C=O) groups is 1. The van der Waals surface area contributed by atoms with Crippen LogP contribution in [0.2, 0.25) is 0 Å². The number of alkyl halides is 2. The molecule has 0 spiro atoms. The lowest BCUT2D eigenvalue weighted by molar-refractivity contribution is 0.111. The number of hydrogen-bond acceptors (Lipinski definition) is 3. The van der Waals surface area contributed by atoms with Gasteiger partial charge in [0.2, 0.25) is 0 Å². The fraction of sp³-hybridized carbons (Fsp3) is 0.250. The third kappa shape index (κ3) is 2.24. The van der Waals surface area contributed by atoms with Gasteiger partial charge in [0, 0.05) is 10.1 Å². The standard InChI is InChI=1S/C8H7F2IN2O/c9-8(10)7-4(2-12)1-5(11)6(3-14)13-7/h1,3,8H,2,12H2. The maximum atomic E-state index is 12.4. The van der Waals surface area contributed by atoms with E-state index in [2.05, 4.69) is 4.98 Å². The summed E-state index contributed by atoms with van der Waals surface area (Å²) in [4.78, 5) is 14.0. The molecule has 3 nitrogen and oxygen atoms in total. The number of pyridine rings is 1. The summed E-state index contributed by atoms with van der Waals surface area (Å²) in [6.45, 7) is -0.0121. The fourth-order valence-corrected chi connectivity index (χ4v) is 1.61. The first-order valence-electron chi connectivity index (χ1n) is 3.72. The van der Waals surface area contributed by atoms with Gasteiger partial charge in [-0.05, 0) is 34.2 Å². The maximum Gasteiger partial charge on any atom is 0.280 e. The first-order valence-corrected chi connectivity index (χ1v) is 4.80. The van der Waals surface area contributed by atoms with E-state index in [0.29, 0.717) is 9.86 Å². The summed E-state index contributed by atoms with van der Waals surface area (Å²) in [6.07, 6.45) is -2.25. The van der Waals surface area contributed by atoms with E-state index in [9.17, 15) is 13.6 Å². The third-order valence-electron chi connectivity index (χ3n) is 1.65. The highest BCUT2D eigenvalue weighted by molar-refractivity contribution is 14.1. The van der Waals surface area contributed by atoms with E-state index in [1.807, 2.05) is 22.6 Å². The van der Waals surface area contributed by atoms with Crippen molar-refractivity contribution in [2.24, 2.45) is 5.73 Å². The molecule has 14 heavy (non-hydrogen) atoms. The van der Waals surface area contributed by atoms with Crippen LogP contribution in [0.1, 0.15) is 28.2 Å². The second-order valence-corrected chi connectivity index (χ2v) is 3.68. The Bertz CT molecular complexity index is 357. The summed E-state index contributed by atoms with van der Waals surface area (Å²) in [5.74, 6) is 0. The fourth-order valence-electron chi connectivity index (χ4n) is 0.991. The minimum absolute atomic E-state index is 0.0121. The number of nitrogens with two attached hydrogens (primary N) is 1. The maximum absolute atomic E-state index is 12.4. The summed E-state index contributed by atoms with van der Waals surface area (Å²) in [6, 6.07) is 1.46. The van der Waals surface area contributed by atoms with Crippen molar-refractivity contribution in [3.05, 3.63) is 26.6 Å². The van der Waals surface area contributed by atoms with Gasteiger partial charge in [0.05, 0.1) is 0 Å². The lowest BCUT2D eigenvalue weighted by Crippen LogP contribution is -2.08. The Morgan fingerprint density at radius 3 is 2.71 bits per heavy atom. The lowest BCUT2D eigenvalue weighted by atomic mass is 10.2. The molecule has 2 N–H and O–H groups in total. The van der Waals surface area contributed by atoms with Crippen molar-refractivity contribution in [2.75, 3.05) is 0 Å². The molecule has 0 saturated carbocycles. The van der Waals surface area contributed by atoms with E-state index >= 15 is 0 Å². The van der Waals surface area contributed by atoms with E-state index in [4.69, 9.17) is 5.73 Å². The predicted molar refractivity (Wildman–Crippen MR) is 55.2 cm³/mol. The molecule has 0 radical (unpaired) electrons. The van der Waals surface area contributed by atoms with Gasteiger partial charge >= 0.3 is 0 Å². The summed E-state index contributed by atoms with van der Waals surface area (Å²) >= 11 is 1.86. The highest BCUT2D eigenvalue weighted by atomic mass is 127. The van der Waals surface area contributed by atoms with Crippen LogP contribution in [0.3, 0.4) is 0 Å². The molecule has 76 valence electrons. The zero-order valence-electron chi connectivity index (χ0n) is 7.01. The normalized spacial score (nSPS) is 10.6. The Morgan fingerprint density at radius 1 is 1.64 bits per heavy atom. The molecule has 0 unspecified atom stereocenters. The van der Waals surface area contributed by atoms with Crippen LogP contribution < -0.4 is 5.73 Å². The van der Waals surface area contributed by atoms with Crippen LogP contribution in [0.5, 0.6) is 0 Å². The first-order chi connectivity index (χ1) is 6.60. The Balaban J connectivity index is 3.32. The van der Waals surface area contributed by atoms with Gasteiger partial charge in [-0.25, -0.2) is 13.8 Å². The van der Waals surface area contributed by atoms with Crippen LogP contribution in [-0.2, 0) is 6.54 Å². The Labute approximate surface area is 92.8 Å². The molecule has 0 aromatic carbocycles. The van der Waals surface area contributed by atoms with Crippen LogP contribution in [0, 0.1) is 3.57 Å². The van der Waals surface area contributed by atoms with Crippen LogP contribution in [0.25, 0.3) is 0 Å². The average Bonchev–Trinajstić information content (AvgIpc) is 2.16. The number of nitrogens with zero attached hydrogens (tertiary/aromatic N) is 1. The second kappa shape index (κ2) is 4.74. The van der Waals surface area contributed by atoms with Crippen LogP contribution in [0.15, 0.2) is 6.07 Å². The van der Waals surface area contributed by atoms with Gasteiger partial charge < -0.3 is 5.73 Å². The van der Waals surface area contributed by atoms with E-state index in [0.717, 1.165) is 0 Å². The molecule has 0 saturated heterocycles. The van der Waals surface area contributed by atoms with Crippen molar-refractivity contribution in [3.8, 4) is 0 Å². The minimum atomic E-state index is -2.70. The van der Waals surface area contributed by atoms with E-state index in [1.54, 1.807) is 0 Å². The summed E-state index contributed by atoms with van der Waals surface area (Å²) in [5.41, 5.74) is 5.18. The molecule has 0 aliphatic heterocycles. The van der Waals surface area contributed by atoms with Crippen molar-refractivity contribution >= 4 is 28.9 Å². The third-order valence-corrected chi connectivity index (χ3v) is 2.52. The summed E-state index contributed by atoms with van der Waals surface area (Å²) in [5, 5.41) is 0. The number of halogens is 3. The zero-order valence-corrected chi connectivity index (χ0v) is 9.16. The highest BCUT2D eigenvalue weighted by Gasteiger charge is 2.16. The van der Waals surface area contributed by atoms with Gasteiger partial charge in [0.1, 0.15) is 11.4 Å². The van der Waals surface area contributed by atoms with Crippen molar-refractivity contribution in [2.45, 2.75) is 13.0 Å². The van der Waals surface area contributed by atoms with Gasteiger partial charge in [-0.2, -0.15) is 0 Å². The topological polar surface area (TPSA) is 56.0 Å². The lowest BCUT2D eigenvalue weighted by Gasteiger charge is -2.07. The van der Waals surface area contributed by atoms with E-state index < -0.39 is 12.1 Å². The zero-order chi connectivity index (χ0) is 10.7. The molecule has 1 aromatic heterocycles. The van der Waals surface area contributed by atoms with Crippen molar-refractivity contribution in [3.63, 3.8) is 0 Å². The van der Waals surface area contributed by atoms with E-state index in [-0.39, 0.29) is 17.8 Å². The molecule has 0 amide bonds. The van der Waals surface area contributed by atoms with Crippen molar-refractivity contribution < 1.29 is 13.6 Å². The number of aromatic nitrogens is 1. The highest BCUT2D eigenvalue weighted by Crippen LogP contribution is 2.23. The monoisotopic (exact) mass is 312 g/mol. The molecule has 0 aliphatic carbocycles. The first kappa shape index (κ1) is 11.4. The van der Waals surface area contributed by atoms with Crippen molar-refractivity contribution in [1.82, 2.24) is 4.98 Å². The molecule has 0 atom stereocenters. The second-order valence-electron chi connectivity index (χ2n) is 2.52. The molecule has 6 heteroatoms. The molecule has 0 aliphatic rings. The van der Waals surface area contributed by atoms with Crippen molar-refractivity contribution in [1.29, 1.82) is 0 Å². The number of rotatable bonds is 3. The number of aldehydes is 1. The largest absolute Gasteiger partial charge is 0.326 e. The Kier molecular flexibility index (Phi) is 3.87. The van der Waals surface area contributed by atoms with Gasteiger partial charge in [0.15, 0.2) is 6.29 Å². The molecule has 0 fully saturated rings. The Morgan fingerprint density at radius 2 is 2.29 bits per heavy atom. The average molecular weight is 312 g/mol. The predicted octanol–water partition coefficient (Wildman–Crippen LogP) is 1.90. The van der Waals surface area contributed by atoms with Gasteiger partial charge in [-0.1, -0.05) is 0 Å². The summed E-state index contributed by atoms with van der Waals surface area (Å²) in [7, 11) is 0. The summed E-state index contributed by atoms with van der Waals surface area (Å²) < 4.78 is 25.4. The molecular formula is C8H7F2IN2O. The smallest absolute Gasteiger partial charge is 0.280 e. The minimum Gasteiger partial charge on any atom is -0.326 e. The Hall–Kier alpha value is -0.630. The van der Waals surface area contributed by atoms with Crippen LogP contribution in [-0.4, -0.2) is 11.3 Å². The molecule has 1 rings (SSSR count). The SMILES string of the molecule is NCc1cc(I)c(C=O)nc1C(F)F. The number of hydrogen-bond donors (Lipinski definition) is 1.